The number of carbonyl (C=O) groups is 1. The standard InChI is InChI=1S/C8H13ClN2O2/c1-8(2,3)11-7(13)6(9)5(12)4-10-11/h4-6,12H,1-3H3. The van der Waals surface area contributed by atoms with Crippen molar-refractivity contribution >= 4 is 23.7 Å². The largest absolute Gasteiger partial charge is 0.385 e. The molecule has 2 atom stereocenters. The minimum absolute atomic E-state index is 0.357. The molecule has 0 bridgehead atoms. The van der Waals surface area contributed by atoms with Crippen LogP contribution < -0.4 is 0 Å². The van der Waals surface area contributed by atoms with Gasteiger partial charge in [0.1, 0.15) is 11.5 Å². The third kappa shape index (κ3) is 2.00. The summed E-state index contributed by atoms with van der Waals surface area (Å²) in [5.41, 5.74) is -0.402. The van der Waals surface area contributed by atoms with E-state index in [-0.39, 0.29) is 5.91 Å². The maximum Gasteiger partial charge on any atom is 0.264 e. The first-order valence-electron chi connectivity index (χ1n) is 4.04. The molecule has 5 heteroatoms. The van der Waals surface area contributed by atoms with Crippen molar-refractivity contribution in [2.24, 2.45) is 5.10 Å². The summed E-state index contributed by atoms with van der Waals surface area (Å²) >= 11 is 5.69. The molecule has 0 aromatic carbocycles. The zero-order valence-electron chi connectivity index (χ0n) is 7.86. The molecule has 0 aliphatic carbocycles. The van der Waals surface area contributed by atoms with Crippen LogP contribution in [0.4, 0.5) is 0 Å². The fourth-order valence-electron chi connectivity index (χ4n) is 1.03. The van der Waals surface area contributed by atoms with E-state index in [0.717, 1.165) is 0 Å². The Morgan fingerprint density at radius 3 is 2.62 bits per heavy atom. The van der Waals surface area contributed by atoms with Gasteiger partial charge in [-0.15, -0.1) is 11.6 Å². The fraction of sp³-hybridized carbons (Fsp3) is 0.750. The van der Waals surface area contributed by atoms with E-state index in [1.807, 2.05) is 20.8 Å². The molecule has 1 amide bonds. The van der Waals surface area contributed by atoms with Gasteiger partial charge in [0.15, 0.2) is 0 Å². The molecule has 13 heavy (non-hydrogen) atoms. The van der Waals surface area contributed by atoms with E-state index >= 15 is 0 Å². The zero-order chi connectivity index (χ0) is 10.2. The summed E-state index contributed by atoms with van der Waals surface area (Å²) in [6, 6.07) is 0. The van der Waals surface area contributed by atoms with Gasteiger partial charge in [-0.05, 0) is 20.8 Å². The Labute approximate surface area is 82.2 Å². The molecule has 1 rings (SSSR count). The molecule has 0 radical (unpaired) electrons. The molecule has 0 aromatic rings. The smallest absolute Gasteiger partial charge is 0.264 e. The highest BCUT2D eigenvalue weighted by atomic mass is 35.5. The first-order chi connectivity index (χ1) is 5.84. The number of nitrogens with zero attached hydrogens (tertiary/aromatic N) is 2. The number of hydrazone groups is 1. The first kappa shape index (κ1) is 10.5. The van der Waals surface area contributed by atoms with Crippen molar-refractivity contribution in [1.29, 1.82) is 0 Å². The predicted octanol–water partition coefficient (Wildman–Crippen LogP) is 0.581. The van der Waals surface area contributed by atoms with Crippen molar-refractivity contribution in [1.82, 2.24) is 5.01 Å². The molecule has 74 valence electrons. The molecule has 1 aliphatic heterocycles. The first-order valence-corrected chi connectivity index (χ1v) is 4.48. The van der Waals surface area contributed by atoms with E-state index in [9.17, 15) is 9.90 Å². The molecule has 4 nitrogen and oxygen atoms in total. The second-order valence-electron chi connectivity index (χ2n) is 3.98. The number of aliphatic hydroxyl groups excluding tert-OH is 1. The lowest BCUT2D eigenvalue weighted by Gasteiger charge is -2.35. The van der Waals surface area contributed by atoms with Crippen molar-refractivity contribution in [3.8, 4) is 0 Å². The Morgan fingerprint density at radius 2 is 2.15 bits per heavy atom. The monoisotopic (exact) mass is 204 g/mol. The molecule has 1 aliphatic rings. The lowest BCUT2D eigenvalue weighted by molar-refractivity contribution is -0.137. The van der Waals surface area contributed by atoms with Crippen LogP contribution in [0.5, 0.6) is 0 Å². The van der Waals surface area contributed by atoms with Gasteiger partial charge in [0.05, 0.1) is 11.8 Å². The minimum Gasteiger partial charge on any atom is -0.385 e. The topological polar surface area (TPSA) is 52.9 Å². The van der Waals surface area contributed by atoms with Gasteiger partial charge in [0.2, 0.25) is 0 Å². The van der Waals surface area contributed by atoms with E-state index in [1.165, 1.54) is 11.2 Å². The van der Waals surface area contributed by atoms with Gasteiger partial charge in [0.25, 0.3) is 5.91 Å². The number of alkyl halides is 1. The third-order valence-corrected chi connectivity index (χ3v) is 2.16. The van der Waals surface area contributed by atoms with Crippen LogP contribution in [-0.2, 0) is 4.79 Å². The average molecular weight is 205 g/mol. The summed E-state index contributed by atoms with van der Waals surface area (Å²) in [7, 11) is 0. The van der Waals surface area contributed by atoms with Crippen molar-refractivity contribution < 1.29 is 9.90 Å². The van der Waals surface area contributed by atoms with Gasteiger partial charge in [-0.3, -0.25) is 4.79 Å². The number of carbonyl (C=O) groups excluding carboxylic acids is 1. The van der Waals surface area contributed by atoms with Crippen LogP contribution in [0.1, 0.15) is 20.8 Å². The van der Waals surface area contributed by atoms with Gasteiger partial charge < -0.3 is 5.11 Å². The molecule has 0 saturated carbocycles. The quantitative estimate of drug-likeness (QED) is 0.587. The molecular weight excluding hydrogens is 192 g/mol. The summed E-state index contributed by atoms with van der Waals surface area (Å²) in [5.74, 6) is -0.357. The highest BCUT2D eigenvalue weighted by molar-refractivity contribution is 6.32. The van der Waals surface area contributed by atoms with Crippen LogP contribution in [0.3, 0.4) is 0 Å². The van der Waals surface area contributed by atoms with Crippen molar-refractivity contribution in [2.45, 2.75) is 37.8 Å². The number of aliphatic hydroxyl groups is 1. The van der Waals surface area contributed by atoms with Crippen LogP contribution in [0.2, 0.25) is 0 Å². The number of hydrogen-bond acceptors (Lipinski definition) is 3. The van der Waals surface area contributed by atoms with E-state index in [2.05, 4.69) is 5.10 Å². The van der Waals surface area contributed by atoms with Gasteiger partial charge in [-0.25, -0.2) is 5.01 Å². The van der Waals surface area contributed by atoms with Gasteiger partial charge in [-0.2, -0.15) is 5.10 Å². The van der Waals surface area contributed by atoms with E-state index < -0.39 is 17.0 Å². The van der Waals surface area contributed by atoms with Crippen LogP contribution >= 0.6 is 11.6 Å². The number of halogens is 1. The number of hydrogen-bond donors (Lipinski definition) is 1. The molecule has 0 spiro atoms. The van der Waals surface area contributed by atoms with Crippen LogP contribution in [0.15, 0.2) is 5.10 Å². The molecule has 0 saturated heterocycles. The van der Waals surface area contributed by atoms with Gasteiger partial charge >= 0.3 is 0 Å². The normalized spacial score (nSPS) is 29.6. The Morgan fingerprint density at radius 1 is 1.62 bits per heavy atom. The Hall–Kier alpha value is -0.610. The lowest BCUT2D eigenvalue weighted by atomic mass is 10.1. The highest BCUT2D eigenvalue weighted by Crippen LogP contribution is 2.21. The summed E-state index contributed by atoms with van der Waals surface area (Å²) in [4.78, 5) is 11.5. The van der Waals surface area contributed by atoms with E-state index in [0.29, 0.717) is 0 Å². The van der Waals surface area contributed by atoms with E-state index in [4.69, 9.17) is 11.6 Å². The zero-order valence-corrected chi connectivity index (χ0v) is 8.62. The maximum atomic E-state index is 11.5. The number of rotatable bonds is 0. The second-order valence-corrected chi connectivity index (χ2v) is 4.45. The van der Waals surface area contributed by atoms with Crippen LogP contribution in [0.25, 0.3) is 0 Å². The van der Waals surface area contributed by atoms with E-state index in [1.54, 1.807) is 0 Å². The average Bonchev–Trinajstić information content (AvgIpc) is 1.98. The Balaban J connectivity index is 2.92. The lowest BCUT2D eigenvalue weighted by Crippen LogP contribution is -2.51. The second kappa shape index (κ2) is 3.27. The summed E-state index contributed by atoms with van der Waals surface area (Å²) in [6.45, 7) is 5.55. The summed E-state index contributed by atoms with van der Waals surface area (Å²) in [6.07, 6.45) is 0.303. The maximum absolute atomic E-state index is 11.5. The van der Waals surface area contributed by atoms with Crippen LogP contribution in [-0.4, -0.2) is 39.3 Å². The molecule has 2 unspecified atom stereocenters. The SMILES string of the molecule is CC(C)(C)N1N=CC(O)C(Cl)C1=O. The van der Waals surface area contributed by atoms with Crippen molar-refractivity contribution in [3.63, 3.8) is 0 Å². The highest BCUT2D eigenvalue weighted by Gasteiger charge is 2.37. The Kier molecular flexibility index (Phi) is 2.63. The molecule has 1 N–H and O–H groups in total. The number of amides is 1. The van der Waals surface area contributed by atoms with Crippen molar-refractivity contribution in [2.75, 3.05) is 0 Å². The predicted molar refractivity (Wildman–Crippen MR) is 50.7 cm³/mol. The molecule has 0 fully saturated rings. The van der Waals surface area contributed by atoms with Gasteiger partial charge in [-0.1, -0.05) is 0 Å². The van der Waals surface area contributed by atoms with Crippen LogP contribution in [0, 0.1) is 0 Å². The molecule has 0 aromatic heterocycles. The fourth-order valence-corrected chi connectivity index (χ4v) is 1.19. The van der Waals surface area contributed by atoms with Crippen molar-refractivity contribution in [3.05, 3.63) is 0 Å². The Bertz CT molecular complexity index is 247. The van der Waals surface area contributed by atoms with Gasteiger partial charge in [0, 0.05) is 0 Å². The summed E-state index contributed by atoms with van der Waals surface area (Å²) in [5, 5.41) is 13.4. The molecular formula is C8H13ClN2O2. The third-order valence-electron chi connectivity index (χ3n) is 1.71. The molecule has 1 heterocycles. The summed E-state index contributed by atoms with van der Waals surface area (Å²) < 4.78 is 0. The minimum atomic E-state index is -0.979.